The molecule has 2 aromatic rings. The minimum atomic E-state index is -0.750. The standard InChI is InChI=1S/C17H14O6/c1-20-15(18)10-7-11(16(19)21-2)9-12(8-10)17-22-13-5-3-4-6-14(13)23-17/h3-9,17H,1-2H3. The number of hydrogen-bond acceptors (Lipinski definition) is 6. The zero-order chi connectivity index (χ0) is 16.4. The number of para-hydroxylation sites is 2. The minimum Gasteiger partial charge on any atom is -0.465 e. The van der Waals surface area contributed by atoms with Gasteiger partial charge >= 0.3 is 11.9 Å². The zero-order valence-corrected chi connectivity index (χ0v) is 12.6. The molecule has 6 nitrogen and oxygen atoms in total. The average molecular weight is 314 g/mol. The molecule has 23 heavy (non-hydrogen) atoms. The van der Waals surface area contributed by atoms with Crippen LogP contribution < -0.4 is 9.47 Å². The summed E-state index contributed by atoms with van der Waals surface area (Å²) < 4.78 is 20.8. The minimum absolute atomic E-state index is 0.216. The molecular formula is C17H14O6. The second kappa shape index (κ2) is 6.00. The number of ether oxygens (including phenoxy) is 4. The van der Waals surface area contributed by atoms with E-state index in [4.69, 9.17) is 18.9 Å². The number of esters is 2. The van der Waals surface area contributed by atoms with Gasteiger partial charge in [0.05, 0.1) is 25.3 Å². The maximum absolute atomic E-state index is 11.8. The molecule has 0 amide bonds. The van der Waals surface area contributed by atoms with E-state index in [0.29, 0.717) is 17.1 Å². The number of carbonyl (C=O) groups is 2. The quantitative estimate of drug-likeness (QED) is 0.811. The van der Waals surface area contributed by atoms with Crippen molar-refractivity contribution >= 4 is 11.9 Å². The van der Waals surface area contributed by atoms with Gasteiger partial charge in [-0.25, -0.2) is 9.59 Å². The van der Waals surface area contributed by atoms with Crippen LogP contribution in [0.2, 0.25) is 0 Å². The molecule has 1 heterocycles. The molecule has 0 N–H and O–H groups in total. The molecule has 1 aliphatic rings. The Morgan fingerprint density at radius 2 is 1.35 bits per heavy atom. The first kappa shape index (κ1) is 14.9. The lowest BCUT2D eigenvalue weighted by atomic mass is 10.1. The van der Waals surface area contributed by atoms with E-state index in [1.807, 2.05) is 12.1 Å². The molecule has 0 aliphatic carbocycles. The summed E-state index contributed by atoms with van der Waals surface area (Å²) in [5.41, 5.74) is 0.951. The van der Waals surface area contributed by atoms with Gasteiger partial charge in [0.25, 0.3) is 6.29 Å². The number of fused-ring (bicyclic) bond motifs is 1. The van der Waals surface area contributed by atoms with E-state index in [9.17, 15) is 9.59 Å². The normalized spacial score (nSPS) is 12.8. The molecule has 118 valence electrons. The summed E-state index contributed by atoms with van der Waals surface area (Å²) in [6.07, 6.45) is -0.750. The summed E-state index contributed by atoms with van der Waals surface area (Å²) in [4.78, 5) is 23.6. The third-order valence-corrected chi connectivity index (χ3v) is 3.39. The topological polar surface area (TPSA) is 71.1 Å². The summed E-state index contributed by atoms with van der Waals surface area (Å²) in [5.74, 6) is 0.0706. The fourth-order valence-corrected chi connectivity index (χ4v) is 2.29. The maximum Gasteiger partial charge on any atom is 0.337 e. The van der Waals surface area contributed by atoms with Crippen LogP contribution in [-0.2, 0) is 9.47 Å². The average Bonchev–Trinajstić information content (AvgIpc) is 3.04. The molecule has 6 heteroatoms. The summed E-state index contributed by atoms with van der Waals surface area (Å²) in [6.45, 7) is 0. The second-order valence-electron chi connectivity index (χ2n) is 4.84. The summed E-state index contributed by atoms with van der Waals surface area (Å²) >= 11 is 0. The highest BCUT2D eigenvalue weighted by molar-refractivity contribution is 5.95. The van der Waals surface area contributed by atoms with Gasteiger partial charge in [0, 0.05) is 5.56 Å². The Kier molecular flexibility index (Phi) is 3.89. The molecule has 1 aliphatic heterocycles. The van der Waals surface area contributed by atoms with Crippen molar-refractivity contribution in [2.45, 2.75) is 6.29 Å². The molecule has 0 bridgehead atoms. The number of methoxy groups -OCH3 is 2. The van der Waals surface area contributed by atoms with Crippen molar-refractivity contribution in [2.24, 2.45) is 0 Å². The largest absolute Gasteiger partial charge is 0.465 e. The van der Waals surface area contributed by atoms with E-state index in [-0.39, 0.29) is 11.1 Å². The molecule has 0 unspecified atom stereocenters. The molecule has 3 rings (SSSR count). The van der Waals surface area contributed by atoms with Crippen molar-refractivity contribution < 1.29 is 28.5 Å². The second-order valence-corrected chi connectivity index (χ2v) is 4.84. The molecule has 0 radical (unpaired) electrons. The van der Waals surface area contributed by atoms with Crippen LogP contribution in [0.5, 0.6) is 11.5 Å². The van der Waals surface area contributed by atoms with Crippen molar-refractivity contribution in [3.8, 4) is 11.5 Å². The SMILES string of the molecule is COC(=O)c1cc(C(=O)OC)cc(C2Oc3ccccc3O2)c1. The Morgan fingerprint density at radius 3 is 1.78 bits per heavy atom. The molecule has 2 aromatic carbocycles. The molecular weight excluding hydrogens is 300 g/mol. The van der Waals surface area contributed by atoms with Gasteiger partial charge in [-0.15, -0.1) is 0 Å². The predicted molar refractivity (Wildman–Crippen MR) is 79.6 cm³/mol. The predicted octanol–water partition coefficient (Wildman–Crippen LogP) is 2.73. The molecule has 0 spiro atoms. The Hall–Kier alpha value is -3.02. The third kappa shape index (κ3) is 2.83. The lowest BCUT2D eigenvalue weighted by Gasteiger charge is -2.13. The van der Waals surface area contributed by atoms with Crippen LogP contribution in [0.1, 0.15) is 32.6 Å². The third-order valence-electron chi connectivity index (χ3n) is 3.39. The Labute approximate surface area is 132 Å². The summed E-state index contributed by atoms with van der Waals surface area (Å²) in [6, 6.07) is 11.7. The lowest BCUT2D eigenvalue weighted by molar-refractivity contribution is 0.0480. The monoisotopic (exact) mass is 314 g/mol. The highest BCUT2D eigenvalue weighted by Crippen LogP contribution is 2.40. The smallest absolute Gasteiger partial charge is 0.337 e. The highest BCUT2D eigenvalue weighted by atomic mass is 16.7. The first-order valence-corrected chi connectivity index (χ1v) is 6.86. The fourth-order valence-electron chi connectivity index (χ4n) is 2.29. The van der Waals surface area contributed by atoms with E-state index >= 15 is 0 Å². The van der Waals surface area contributed by atoms with Crippen LogP contribution in [0, 0.1) is 0 Å². The molecule has 0 fully saturated rings. The molecule has 0 saturated carbocycles. The Bertz CT molecular complexity index is 708. The van der Waals surface area contributed by atoms with E-state index in [1.54, 1.807) is 24.3 Å². The molecule has 0 atom stereocenters. The van der Waals surface area contributed by atoms with Gasteiger partial charge in [-0.05, 0) is 30.3 Å². The number of hydrogen-bond donors (Lipinski definition) is 0. The van der Waals surface area contributed by atoms with Gasteiger partial charge in [-0.3, -0.25) is 0 Å². The van der Waals surface area contributed by atoms with Gasteiger partial charge in [-0.2, -0.15) is 0 Å². The summed E-state index contributed by atoms with van der Waals surface area (Å²) in [7, 11) is 2.54. The van der Waals surface area contributed by atoms with Gasteiger partial charge in [-0.1, -0.05) is 12.1 Å². The number of rotatable bonds is 3. The van der Waals surface area contributed by atoms with Crippen LogP contribution in [0.3, 0.4) is 0 Å². The lowest BCUT2D eigenvalue weighted by Crippen LogP contribution is -2.13. The van der Waals surface area contributed by atoms with Gasteiger partial charge < -0.3 is 18.9 Å². The number of carbonyl (C=O) groups excluding carboxylic acids is 2. The van der Waals surface area contributed by atoms with Crippen molar-refractivity contribution in [2.75, 3.05) is 14.2 Å². The van der Waals surface area contributed by atoms with Gasteiger partial charge in [0.15, 0.2) is 11.5 Å². The van der Waals surface area contributed by atoms with Crippen LogP contribution in [-0.4, -0.2) is 26.2 Å². The summed E-state index contributed by atoms with van der Waals surface area (Å²) in [5, 5.41) is 0. The fraction of sp³-hybridized carbons (Fsp3) is 0.176. The van der Waals surface area contributed by atoms with E-state index in [0.717, 1.165) is 0 Å². The van der Waals surface area contributed by atoms with Crippen LogP contribution in [0.4, 0.5) is 0 Å². The first-order valence-electron chi connectivity index (χ1n) is 6.86. The van der Waals surface area contributed by atoms with E-state index in [2.05, 4.69) is 0 Å². The Morgan fingerprint density at radius 1 is 0.870 bits per heavy atom. The Balaban J connectivity index is 1.99. The van der Waals surface area contributed by atoms with Crippen molar-refractivity contribution in [3.63, 3.8) is 0 Å². The maximum atomic E-state index is 11.8. The van der Waals surface area contributed by atoms with Gasteiger partial charge in [0.1, 0.15) is 0 Å². The van der Waals surface area contributed by atoms with E-state index in [1.165, 1.54) is 20.3 Å². The van der Waals surface area contributed by atoms with Crippen molar-refractivity contribution in [3.05, 3.63) is 59.2 Å². The first-order chi connectivity index (χ1) is 11.1. The van der Waals surface area contributed by atoms with Crippen molar-refractivity contribution in [1.29, 1.82) is 0 Å². The zero-order valence-electron chi connectivity index (χ0n) is 12.6. The van der Waals surface area contributed by atoms with Crippen LogP contribution >= 0.6 is 0 Å². The van der Waals surface area contributed by atoms with Gasteiger partial charge in [0.2, 0.25) is 0 Å². The van der Waals surface area contributed by atoms with E-state index < -0.39 is 18.2 Å². The van der Waals surface area contributed by atoms with Crippen LogP contribution in [0.15, 0.2) is 42.5 Å². The highest BCUT2D eigenvalue weighted by Gasteiger charge is 2.27. The number of benzene rings is 2. The van der Waals surface area contributed by atoms with Crippen LogP contribution in [0.25, 0.3) is 0 Å². The van der Waals surface area contributed by atoms with Crippen molar-refractivity contribution in [1.82, 2.24) is 0 Å². The molecule has 0 aromatic heterocycles. The molecule has 0 saturated heterocycles.